The normalized spacial score (nSPS) is 10.8. The van der Waals surface area contributed by atoms with Crippen molar-refractivity contribution in [1.82, 2.24) is 5.16 Å². The van der Waals surface area contributed by atoms with E-state index in [0.29, 0.717) is 5.69 Å². The van der Waals surface area contributed by atoms with Gasteiger partial charge in [0.25, 0.3) is 0 Å². The molecular formula is C13H13NO3. The lowest BCUT2D eigenvalue weighted by molar-refractivity contribution is 0.0937. The molecule has 0 fully saturated rings. The van der Waals surface area contributed by atoms with E-state index in [0.717, 1.165) is 5.56 Å². The Labute approximate surface area is 98.2 Å². The number of ketones is 1. The number of nitrogens with one attached hydrogen (secondary N) is 1. The number of carbonyl (C=O) groups is 1. The fraction of sp³-hybridized carbons (Fsp3) is 0.231. The standard InChI is InChI=1S/C13H13NO3/c1-8(2)12(15)10-11(14-17-13(10)16)9-6-4-3-5-7-9/h3-8,14H,1-2H3. The van der Waals surface area contributed by atoms with Crippen LogP contribution >= 0.6 is 0 Å². The van der Waals surface area contributed by atoms with E-state index in [9.17, 15) is 9.59 Å². The summed E-state index contributed by atoms with van der Waals surface area (Å²) < 4.78 is 4.72. The smallest absolute Gasteiger partial charge is 0.338 e. The molecule has 0 atom stereocenters. The second-order valence-corrected chi connectivity index (χ2v) is 4.13. The van der Waals surface area contributed by atoms with Gasteiger partial charge in [0.05, 0.1) is 5.69 Å². The first-order chi connectivity index (χ1) is 8.11. The van der Waals surface area contributed by atoms with E-state index in [-0.39, 0.29) is 17.3 Å². The summed E-state index contributed by atoms with van der Waals surface area (Å²) in [5, 5.41) is 2.52. The minimum Gasteiger partial charge on any atom is -0.338 e. The van der Waals surface area contributed by atoms with Gasteiger partial charge < -0.3 is 4.52 Å². The minimum atomic E-state index is -0.609. The van der Waals surface area contributed by atoms with Crippen LogP contribution in [0, 0.1) is 5.92 Å². The Morgan fingerprint density at radius 3 is 2.47 bits per heavy atom. The molecule has 0 aliphatic carbocycles. The van der Waals surface area contributed by atoms with Gasteiger partial charge in [-0.3, -0.25) is 4.79 Å². The first-order valence-electron chi connectivity index (χ1n) is 5.42. The number of aromatic amines is 1. The molecule has 88 valence electrons. The van der Waals surface area contributed by atoms with Crippen molar-refractivity contribution in [1.29, 1.82) is 0 Å². The molecule has 0 amide bonds. The predicted molar refractivity (Wildman–Crippen MR) is 63.9 cm³/mol. The Bertz CT molecular complexity index is 578. The third kappa shape index (κ3) is 2.06. The Hall–Kier alpha value is -2.10. The van der Waals surface area contributed by atoms with E-state index in [1.807, 2.05) is 30.3 Å². The maximum atomic E-state index is 11.9. The van der Waals surface area contributed by atoms with Gasteiger partial charge in [-0.1, -0.05) is 44.2 Å². The van der Waals surface area contributed by atoms with Crippen molar-refractivity contribution in [3.05, 3.63) is 46.3 Å². The van der Waals surface area contributed by atoms with Crippen molar-refractivity contribution in [3.63, 3.8) is 0 Å². The van der Waals surface area contributed by atoms with Crippen molar-refractivity contribution < 1.29 is 9.32 Å². The van der Waals surface area contributed by atoms with E-state index in [4.69, 9.17) is 4.52 Å². The quantitative estimate of drug-likeness (QED) is 0.825. The molecule has 2 aromatic rings. The zero-order chi connectivity index (χ0) is 12.4. The molecule has 2 rings (SSSR count). The highest BCUT2D eigenvalue weighted by Crippen LogP contribution is 2.21. The highest BCUT2D eigenvalue weighted by Gasteiger charge is 2.23. The average molecular weight is 231 g/mol. The molecule has 0 radical (unpaired) electrons. The molecule has 1 heterocycles. The van der Waals surface area contributed by atoms with Crippen LogP contribution in [0.3, 0.4) is 0 Å². The zero-order valence-electron chi connectivity index (χ0n) is 9.69. The lowest BCUT2D eigenvalue weighted by Crippen LogP contribution is -2.16. The minimum absolute atomic E-state index is 0.103. The monoisotopic (exact) mass is 231 g/mol. The van der Waals surface area contributed by atoms with Crippen molar-refractivity contribution in [2.24, 2.45) is 5.92 Å². The molecule has 0 spiro atoms. The molecule has 17 heavy (non-hydrogen) atoms. The summed E-state index contributed by atoms with van der Waals surface area (Å²) >= 11 is 0. The molecule has 0 aliphatic rings. The third-order valence-corrected chi connectivity index (χ3v) is 2.53. The number of H-pyrrole nitrogens is 1. The highest BCUT2D eigenvalue weighted by molar-refractivity contribution is 6.02. The van der Waals surface area contributed by atoms with Crippen LogP contribution in [0.25, 0.3) is 11.3 Å². The molecule has 0 unspecified atom stereocenters. The highest BCUT2D eigenvalue weighted by atomic mass is 16.5. The summed E-state index contributed by atoms with van der Waals surface area (Å²) in [6.07, 6.45) is 0. The lowest BCUT2D eigenvalue weighted by atomic mass is 9.98. The number of rotatable bonds is 3. The first kappa shape index (κ1) is 11.4. The van der Waals surface area contributed by atoms with Gasteiger partial charge >= 0.3 is 5.63 Å². The molecular weight excluding hydrogens is 218 g/mol. The van der Waals surface area contributed by atoms with Gasteiger partial charge in [0.1, 0.15) is 5.56 Å². The summed E-state index contributed by atoms with van der Waals surface area (Å²) in [7, 11) is 0. The van der Waals surface area contributed by atoms with Crippen LogP contribution in [0.4, 0.5) is 0 Å². The van der Waals surface area contributed by atoms with Crippen LogP contribution in [-0.4, -0.2) is 10.9 Å². The van der Waals surface area contributed by atoms with Gasteiger partial charge in [-0.25, -0.2) is 9.95 Å². The fourth-order valence-corrected chi connectivity index (χ4v) is 1.62. The predicted octanol–water partition coefficient (Wildman–Crippen LogP) is 2.47. The van der Waals surface area contributed by atoms with E-state index in [1.165, 1.54) is 0 Å². The van der Waals surface area contributed by atoms with Crippen LogP contribution < -0.4 is 5.63 Å². The van der Waals surface area contributed by atoms with Gasteiger partial charge in [0, 0.05) is 11.5 Å². The maximum Gasteiger partial charge on any atom is 0.368 e. The van der Waals surface area contributed by atoms with Crippen LogP contribution in [0.5, 0.6) is 0 Å². The molecule has 1 aromatic carbocycles. The average Bonchev–Trinajstić information content (AvgIpc) is 2.71. The maximum absolute atomic E-state index is 11.9. The van der Waals surface area contributed by atoms with Crippen LogP contribution in [0.2, 0.25) is 0 Å². The van der Waals surface area contributed by atoms with E-state index < -0.39 is 5.63 Å². The van der Waals surface area contributed by atoms with Crippen LogP contribution in [-0.2, 0) is 0 Å². The molecule has 1 N–H and O–H groups in total. The van der Waals surface area contributed by atoms with Crippen molar-refractivity contribution >= 4 is 5.78 Å². The topological polar surface area (TPSA) is 63.1 Å². The van der Waals surface area contributed by atoms with E-state index in [1.54, 1.807) is 13.8 Å². The second-order valence-electron chi connectivity index (χ2n) is 4.13. The lowest BCUT2D eigenvalue weighted by Gasteiger charge is -2.03. The largest absolute Gasteiger partial charge is 0.368 e. The van der Waals surface area contributed by atoms with Gasteiger partial charge in [-0.15, -0.1) is 0 Å². The summed E-state index contributed by atoms with van der Waals surface area (Å²) in [5.74, 6) is -0.449. The number of aromatic nitrogens is 1. The number of hydrogen-bond donors (Lipinski definition) is 1. The van der Waals surface area contributed by atoms with E-state index >= 15 is 0 Å². The molecule has 0 saturated heterocycles. The Morgan fingerprint density at radius 1 is 1.24 bits per heavy atom. The number of carbonyl (C=O) groups excluding carboxylic acids is 1. The Morgan fingerprint density at radius 2 is 1.88 bits per heavy atom. The SMILES string of the molecule is CC(C)C(=O)c1c(-c2ccccc2)[nH]oc1=O. The van der Waals surface area contributed by atoms with Crippen molar-refractivity contribution in [2.45, 2.75) is 13.8 Å². The Kier molecular flexibility index (Phi) is 2.95. The fourth-order valence-electron chi connectivity index (χ4n) is 1.62. The summed E-state index contributed by atoms with van der Waals surface area (Å²) in [6, 6.07) is 9.18. The molecule has 4 heteroatoms. The third-order valence-electron chi connectivity index (χ3n) is 2.53. The zero-order valence-corrected chi connectivity index (χ0v) is 9.69. The van der Waals surface area contributed by atoms with Crippen molar-refractivity contribution in [2.75, 3.05) is 0 Å². The molecule has 1 aromatic heterocycles. The van der Waals surface area contributed by atoms with Crippen LogP contribution in [0.15, 0.2) is 39.6 Å². The van der Waals surface area contributed by atoms with Gasteiger partial charge in [0.2, 0.25) is 0 Å². The molecule has 0 saturated carbocycles. The van der Waals surface area contributed by atoms with Gasteiger partial charge in [0.15, 0.2) is 5.78 Å². The number of Topliss-reactive ketones (excluding diaryl/α,β-unsaturated/α-hetero) is 1. The molecule has 0 aliphatic heterocycles. The second kappa shape index (κ2) is 4.41. The van der Waals surface area contributed by atoms with Gasteiger partial charge in [-0.2, -0.15) is 0 Å². The molecule has 4 nitrogen and oxygen atoms in total. The van der Waals surface area contributed by atoms with Crippen LogP contribution in [0.1, 0.15) is 24.2 Å². The Balaban J connectivity index is 2.58. The molecule has 0 bridgehead atoms. The van der Waals surface area contributed by atoms with Crippen molar-refractivity contribution in [3.8, 4) is 11.3 Å². The summed E-state index contributed by atoms with van der Waals surface area (Å²) in [6.45, 7) is 3.51. The number of hydrogen-bond acceptors (Lipinski definition) is 3. The van der Waals surface area contributed by atoms with E-state index in [2.05, 4.69) is 5.16 Å². The van der Waals surface area contributed by atoms with Gasteiger partial charge in [-0.05, 0) is 0 Å². The number of benzene rings is 1. The summed E-state index contributed by atoms with van der Waals surface area (Å²) in [5.41, 5.74) is 0.713. The summed E-state index contributed by atoms with van der Waals surface area (Å²) in [4.78, 5) is 23.5. The first-order valence-corrected chi connectivity index (χ1v) is 5.42.